The fourth-order valence-electron chi connectivity index (χ4n) is 2.60. The lowest BCUT2D eigenvalue weighted by molar-refractivity contribution is -0.116. The van der Waals surface area contributed by atoms with Crippen LogP contribution in [0, 0.1) is 0 Å². The number of benzene rings is 2. The van der Waals surface area contributed by atoms with Gasteiger partial charge in [-0.1, -0.05) is 6.07 Å². The Labute approximate surface area is 153 Å². The van der Waals surface area contributed by atoms with E-state index < -0.39 is 0 Å². The second kappa shape index (κ2) is 8.58. The number of hydrogen-bond donors (Lipinski definition) is 2. The standard InChI is InChI=1S/C20H24N2O4/c1-14(2)26-17-6-4-16(5-7-17)22-20(23)9-10-21-12-15-3-8-18-19(11-15)25-13-24-18/h3-8,11,14,21H,9-10,12-13H2,1-2H3,(H,22,23). The van der Waals surface area contributed by atoms with Crippen LogP contribution in [0.15, 0.2) is 42.5 Å². The van der Waals surface area contributed by atoms with E-state index in [2.05, 4.69) is 10.6 Å². The highest BCUT2D eigenvalue weighted by Crippen LogP contribution is 2.32. The van der Waals surface area contributed by atoms with Gasteiger partial charge in [0.2, 0.25) is 12.7 Å². The number of amides is 1. The molecule has 0 bridgehead atoms. The van der Waals surface area contributed by atoms with Gasteiger partial charge in [-0.15, -0.1) is 0 Å². The lowest BCUT2D eigenvalue weighted by Crippen LogP contribution is -2.21. The van der Waals surface area contributed by atoms with Crippen molar-refractivity contribution in [2.75, 3.05) is 18.7 Å². The Kier molecular flexibility index (Phi) is 5.96. The van der Waals surface area contributed by atoms with Crippen LogP contribution in [-0.4, -0.2) is 25.3 Å². The lowest BCUT2D eigenvalue weighted by Gasteiger charge is -2.11. The molecule has 0 radical (unpaired) electrons. The summed E-state index contributed by atoms with van der Waals surface area (Å²) in [6.45, 7) is 5.50. The SMILES string of the molecule is CC(C)Oc1ccc(NC(=O)CCNCc2ccc3c(c2)OCO3)cc1. The smallest absolute Gasteiger partial charge is 0.231 e. The fraction of sp³-hybridized carbons (Fsp3) is 0.350. The van der Waals surface area contributed by atoms with Crippen LogP contribution in [0.25, 0.3) is 0 Å². The van der Waals surface area contributed by atoms with E-state index in [1.165, 1.54) is 0 Å². The molecule has 26 heavy (non-hydrogen) atoms. The molecule has 6 heteroatoms. The van der Waals surface area contributed by atoms with Crippen molar-refractivity contribution in [3.63, 3.8) is 0 Å². The Morgan fingerprint density at radius 2 is 1.88 bits per heavy atom. The first kappa shape index (κ1) is 18.1. The van der Waals surface area contributed by atoms with Crippen molar-refractivity contribution in [1.29, 1.82) is 0 Å². The van der Waals surface area contributed by atoms with Crippen LogP contribution in [0.2, 0.25) is 0 Å². The van der Waals surface area contributed by atoms with Gasteiger partial charge in [0.15, 0.2) is 11.5 Å². The minimum atomic E-state index is -0.0271. The Morgan fingerprint density at radius 3 is 2.65 bits per heavy atom. The molecule has 138 valence electrons. The zero-order valence-electron chi connectivity index (χ0n) is 15.1. The van der Waals surface area contributed by atoms with Crippen molar-refractivity contribution >= 4 is 11.6 Å². The molecule has 2 aromatic carbocycles. The van der Waals surface area contributed by atoms with E-state index in [0.29, 0.717) is 19.5 Å². The third-order valence-corrected chi connectivity index (χ3v) is 3.80. The number of carbonyl (C=O) groups excluding carboxylic acids is 1. The maximum Gasteiger partial charge on any atom is 0.231 e. The molecule has 3 rings (SSSR count). The molecule has 2 N–H and O–H groups in total. The third-order valence-electron chi connectivity index (χ3n) is 3.80. The Hall–Kier alpha value is -2.73. The molecule has 1 heterocycles. The van der Waals surface area contributed by atoms with Crippen molar-refractivity contribution in [1.82, 2.24) is 5.32 Å². The maximum absolute atomic E-state index is 12.0. The average molecular weight is 356 g/mol. The summed E-state index contributed by atoms with van der Waals surface area (Å²) in [5.74, 6) is 2.31. The van der Waals surface area contributed by atoms with Crippen LogP contribution < -0.4 is 24.8 Å². The molecule has 1 aliphatic heterocycles. The van der Waals surface area contributed by atoms with E-state index in [9.17, 15) is 4.79 Å². The number of fused-ring (bicyclic) bond motifs is 1. The van der Waals surface area contributed by atoms with E-state index in [1.807, 2.05) is 56.3 Å². The first-order valence-electron chi connectivity index (χ1n) is 8.76. The van der Waals surface area contributed by atoms with E-state index >= 15 is 0 Å². The van der Waals surface area contributed by atoms with E-state index in [4.69, 9.17) is 14.2 Å². The molecule has 1 amide bonds. The fourth-order valence-corrected chi connectivity index (χ4v) is 2.60. The summed E-state index contributed by atoms with van der Waals surface area (Å²) in [7, 11) is 0. The maximum atomic E-state index is 12.0. The van der Waals surface area contributed by atoms with Gasteiger partial charge in [0.05, 0.1) is 6.10 Å². The van der Waals surface area contributed by atoms with Gasteiger partial charge in [-0.2, -0.15) is 0 Å². The van der Waals surface area contributed by atoms with Crippen molar-refractivity contribution in [3.8, 4) is 17.2 Å². The summed E-state index contributed by atoms with van der Waals surface area (Å²) in [6, 6.07) is 13.2. The normalized spacial score (nSPS) is 12.3. The molecular formula is C20H24N2O4. The van der Waals surface area contributed by atoms with Gasteiger partial charge >= 0.3 is 0 Å². The van der Waals surface area contributed by atoms with Gasteiger partial charge in [0.25, 0.3) is 0 Å². The molecule has 1 aliphatic rings. The molecule has 0 aliphatic carbocycles. The van der Waals surface area contributed by atoms with Crippen molar-refractivity contribution in [2.45, 2.75) is 32.9 Å². The summed E-state index contributed by atoms with van der Waals surface area (Å²) in [4.78, 5) is 12.0. The van der Waals surface area contributed by atoms with Gasteiger partial charge in [-0.3, -0.25) is 4.79 Å². The van der Waals surface area contributed by atoms with Crippen LogP contribution in [0.1, 0.15) is 25.8 Å². The molecule has 0 fully saturated rings. The molecular weight excluding hydrogens is 332 g/mol. The molecule has 0 aromatic heterocycles. The molecule has 2 aromatic rings. The Bertz CT molecular complexity index is 744. The lowest BCUT2D eigenvalue weighted by atomic mass is 10.2. The first-order valence-corrected chi connectivity index (χ1v) is 8.76. The van der Waals surface area contributed by atoms with E-state index in [1.54, 1.807) is 0 Å². The van der Waals surface area contributed by atoms with Gasteiger partial charge in [0, 0.05) is 25.2 Å². The quantitative estimate of drug-likeness (QED) is 0.710. The number of nitrogens with one attached hydrogen (secondary N) is 2. The second-order valence-corrected chi connectivity index (χ2v) is 6.35. The monoisotopic (exact) mass is 356 g/mol. The number of ether oxygens (including phenoxy) is 3. The van der Waals surface area contributed by atoms with Gasteiger partial charge < -0.3 is 24.8 Å². The largest absolute Gasteiger partial charge is 0.491 e. The molecule has 0 saturated carbocycles. The minimum Gasteiger partial charge on any atom is -0.491 e. The summed E-state index contributed by atoms with van der Waals surface area (Å²) in [5.41, 5.74) is 1.86. The first-order chi connectivity index (χ1) is 12.6. The highest BCUT2D eigenvalue weighted by Gasteiger charge is 2.12. The summed E-state index contributed by atoms with van der Waals surface area (Å²) < 4.78 is 16.2. The van der Waals surface area contributed by atoms with Crippen LogP contribution >= 0.6 is 0 Å². The van der Waals surface area contributed by atoms with Gasteiger partial charge in [0.1, 0.15) is 5.75 Å². The molecule has 0 unspecified atom stereocenters. The Morgan fingerprint density at radius 1 is 1.12 bits per heavy atom. The van der Waals surface area contributed by atoms with Crippen LogP contribution in [-0.2, 0) is 11.3 Å². The number of carbonyl (C=O) groups is 1. The molecule has 0 atom stereocenters. The van der Waals surface area contributed by atoms with Crippen molar-refractivity contribution in [3.05, 3.63) is 48.0 Å². The van der Waals surface area contributed by atoms with E-state index in [0.717, 1.165) is 28.5 Å². The van der Waals surface area contributed by atoms with Crippen molar-refractivity contribution in [2.24, 2.45) is 0 Å². The number of hydrogen-bond acceptors (Lipinski definition) is 5. The van der Waals surface area contributed by atoms with Gasteiger partial charge in [-0.05, 0) is 55.8 Å². The van der Waals surface area contributed by atoms with Crippen LogP contribution in [0.3, 0.4) is 0 Å². The van der Waals surface area contributed by atoms with Crippen LogP contribution in [0.5, 0.6) is 17.2 Å². The predicted octanol–water partition coefficient (Wildman–Crippen LogP) is 3.32. The number of rotatable bonds is 8. The van der Waals surface area contributed by atoms with E-state index in [-0.39, 0.29) is 18.8 Å². The predicted molar refractivity (Wildman–Crippen MR) is 99.7 cm³/mol. The topological polar surface area (TPSA) is 68.8 Å². The van der Waals surface area contributed by atoms with Crippen LogP contribution in [0.4, 0.5) is 5.69 Å². The second-order valence-electron chi connectivity index (χ2n) is 6.35. The highest BCUT2D eigenvalue weighted by atomic mass is 16.7. The van der Waals surface area contributed by atoms with Gasteiger partial charge in [-0.25, -0.2) is 0 Å². The zero-order chi connectivity index (χ0) is 18.4. The molecule has 6 nitrogen and oxygen atoms in total. The zero-order valence-corrected chi connectivity index (χ0v) is 15.1. The number of anilines is 1. The third kappa shape index (κ3) is 5.13. The summed E-state index contributed by atoms with van der Waals surface area (Å²) in [5, 5.41) is 6.15. The summed E-state index contributed by atoms with van der Waals surface area (Å²) >= 11 is 0. The average Bonchev–Trinajstić information content (AvgIpc) is 3.08. The minimum absolute atomic E-state index is 0.0271. The van der Waals surface area contributed by atoms with Crippen molar-refractivity contribution < 1.29 is 19.0 Å². The summed E-state index contributed by atoms with van der Waals surface area (Å²) in [6.07, 6.45) is 0.528. The molecule has 0 spiro atoms. The highest BCUT2D eigenvalue weighted by molar-refractivity contribution is 5.90. The molecule has 0 saturated heterocycles. The Balaban J connectivity index is 1.37.